The lowest BCUT2D eigenvalue weighted by Gasteiger charge is -2.36. The molecule has 1 amide bonds. The lowest BCUT2D eigenvalue weighted by atomic mass is 9.87. The van der Waals surface area contributed by atoms with Gasteiger partial charge in [0.1, 0.15) is 12.4 Å². The molecule has 0 radical (unpaired) electrons. The molecule has 0 aromatic heterocycles. The molecule has 1 aliphatic rings. The van der Waals surface area contributed by atoms with Gasteiger partial charge in [-0.2, -0.15) is 0 Å². The van der Waals surface area contributed by atoms with Gasteiger partial charge in [0.2, 0.25) is 0 Å². The van der Waals surface area contributed by atoms with E-state index in [2.05, 4.69) is 10.6 Å². The molecule has 132 valence electrons. The number of amides is 1. The van der Waals surface area contributed by atoms with Crippen molar-refractivity contribution in [3.63, 3.8) is 0 Å². The number of hydrogen-bond donors (Lipinski definition) is 2. The van der Waals surface area contributed by atoms with Gasteiger partial charge in [0.25, 0.3) is 0 Å². The van der Waals surface area contributed by atoms with Crippen LogP contribution in [-0.4, -0.2) is 18.2 Å². The summed E-state index contributed by atoms with van der Waals surface area (Å²) < 4.78 is 18.3. The Balaban J connectivity index is 1.32. The topological polar surface area (TPSA) is 50.4 Å². The van der Waals surface area contributed by atoms with Crippen molar-refractivity contribution in [3.05, 3.63) is 70.5 Å². The first kappa shape index (κ1) is 17.7. The van der Waals surface area contributed by atoms with E-state index in [0.717, 1.165) is 24.0 Å². The van der Waals surface area contributed by atoms with Gasteiger partial charge in [-0.3, -0.25) is 0 Å². The number of halogens is 2. The number of nitrogens with one attached hydrogen (secondary N) is 2. The summed E-state index contributed by atoms with van der Waals surface area (Å²) in [6.07, 6.45) is 1.29. The molecule has 3 rings (SSSR count). The minimum absolute atomic E-state index is 0.123. The second kappa shape index (κ2) is 8.32. The third-order valence-corrected chi connectivity index (χ3v) is 4.54. The maximum atomic E-state index is 13.1. The summed E-state index contributed by atoms with van der Waals surface area (Å²) in [5.74, 6) is -0.410. The summed E-state index contributed by atoms with van der Waals surface area (Å²) >= 11 is 5.77. The number of alkyl carbamates (subject to hydrolysis) is 1. The third kappa shape index (κ3) is 5.18. The van der Waals surface area contributed by atoms with Crippen LogP contribution >= 0.6 is 11.6 Å². The van der Waals surface area contributed by atoms with E-state index < -0.39 is 11.9 Å². The number of benzene rings is 2. The molecule has 0 atom stereocenters. The maximum Gasteiger partial charge on any atom is 0.407 e. The van der Waals surface area contributed by atoms with Gasteiger partial charge in [-0.05, 0) is 36.1 Å². The normalized spacial score (nSPS) is 19.1. The van der Waals surface area contributed by atoms with Gasteiger partial charge in [0, 0.05) is 18.6 Å². The number of rotatable bonds is 6. The molecule has 1 saturated carbocycles. The van der Waals surface area contributed by atoms with E-state index in [-0.39, 0.29) is 17.7 Å². The van der Waals surface area contributed by atoms with E-state index in [9.17, 15) is 9.18 Å². The SMILES string of the molecule is O=C(NC1CC(NCc2ccc(F)c(Cl)c2)C1)OCc1ccccc1. The summed E-state index contributed by atoms with van der Waals surface area (Å²) in [5, 5.41) is 6.36. The molecule has 1 fully saturated rings. The van der Waals surface area contributed by atoms with Crippen molar-refractivity contribution >= 4 is 17.7 Å². The first-order valence-electron chi connectivity index (χ1n) is 8.24. The van der Waals surface area contributed by atoms with Crippen LogP contribution in [0, 0.1) is 5.82 Å². The monoisotopic (exact) mass is 362 g/mol. The molecule has 0 aliphatic heterocycles. The van der Waals surface area contributed by atoms with Crippen LogP contribution in [0.5, 0.6) is 0 Å². The van der Waals surface area contributed by atoms with Crippen molar-refractivity contribution in [2.45, 2.75) is 38.1 Å². The predicted molar refractivity (Wildman–Crippen MR) is 94.8 cm³/mol. The molecule has 0 spiro atoms. The number of ether oxygens (including phenoxy) is 1. The first-order chi connectivity index (χ1) is 12.1. The number of carbonyl (C=O) groups is 1. The van der Waals surface area contributed by atoms with Crippen LogP contribution in [0.2, 0.25) is 5.02 Å². The maximum absolute atomic E-state index is 13.1. The van der Waals surface area contributed by atoms with Crippen LogP contribution < -0.4 is 10.6 Å². The molecule has 2 N–H and O–H groups in total. The molecule has 0 bridgehead atoms. The molecule has 0 heterocycles. The third-order valence-electron chi connectivity index (χ3n) is 4.25. The number of hydrogen-bond acceptors (Lipinski definition) is 3. The fourth-order valence-corrected chi connectivity index (χ4v) is 2.95. The summed E-state index contributed by atoms with van der Waals surface area (Å²) in [6.45, 7) is 0.891. The van der Waals surface area contributed by atoms with Crippen molar-refractivity contribution in [3.8, 4) is 0 Å². The minimum atomic E-state index is -0.410. The van der Waals surface area contributed by atoms with Crippen LogP contribution in [0.25, 0.3) is 0 Å². The molecule has 1 aliphatic carbocycles. The van der Waals surface area contributed by atoms with Crippen molar-refractivity contribution in [1.29, 1.82) is 0 Å². The highest BCUT2D eigenvalue weighted by molar-refractivity contribution is 6.30. The Bertz CT molecular complexity index is 721. The van der Waals surface area contributed by atoms with Crippen molar-refractivity contribution in [1.82, 2.24) is 10.6 Å². The lowest BCUT2D eigenvalue weighted by Crippen LogP contribution is -2.52. The largest absolute Gasteiger partial charge is 0.445 e. The Hall–Kier alpha value is -2.11. The first-order valence-corrected chi connectivity index (χ1v) is 8.62. The molecule has 4 nitrogen and oxygen atoms in total. The van der Waals surface area contributed by atoms with Gasteiger partial charge < -0.3 is 15.4 Å². The molecule has 0 saturated heterocycles. The van der Waals surface area contributed by atoms with Crippen LogP contribution in [0.3, 0.4) is 0 Å². The van der Waals surface area contributed by atoms with Crippen molar-refractivity contribution < 1.29 is 13.9 Å². The van der Waals surface area contributed by atoms with E-state index >= 15 is 0 Å². The van der Waals surface area contributed by atoms with Crippen LogP contribution in [0.4, 0.5) is 9.18 Å². The van der Waals surface area contributed by atoms with Gasteiger partial charge in [0.15, 0.2) is 0 Å². The van der Waals surface area contributed by atoms with E-state index in [0.29, 0.717) is 12.6 Å². The second-order valence-electron chi connectivity index (χ2n) is 6.20. The summed E-state index contributed by atoms with van der Waals surface area (Å²) in [7, 11) is 0. The highest BCUT2D eigenvalue weighted by Gasteiger charge is 2.30. The average molecular weight is 363 g/mol. The lowest BCUT2D eigenvalue weighted by molar-refractivity contribution is 0.125. The fraction of sp³-hybridized carbons (Fsp3) is 0.316. The number of carbonyl (C=O) groups excluding carboxylic acids is 1. The molecule has 2 aromatic rings. The Labute approximate surface area is 151 Å². The Morgan fingerprint density at radius 2 is 1.88 bits per heavy atom. The Morgan fingerprint density at radius 1 is 1.12 bits per heavy atom. The fourth-order valence-electron chi connectivity index (χ4n) is 2.75. The van der Waals surface area contributed by atoms with E-state index in [1.54, 1.807) is 12.1 Å². The molecule has 2 aromatic carbocycles. The molecule has 25 heavy (non-hydrogen) atoms. The summed E-state index contributed by atoms with van der Waals surface area (Å²) in [4.78, 5) is 11.8. The van der Waals surface area contributed by atoms with Gasteiger partial charge in [-0.15, -0.1) is 0 Å². The molecule has 0 unspecified atom stereocenters. The van der Waals surface area contributed by atoms with E-state index in [4.69, 9.17) is 16.3 Å². The quantitative estimate of drug-likeness (QED) is 0.815. The second-order valence-corrected chi connectivity index (χ2v) is 6.61. The highest BCUT2D eigenvalue weighted by Crippen LogP contribution is 2.21. The van der Waals surface area contributed by atoms with Crippen LogP contribution in [0.1, 0.15) is 24.0 Å². The minimum Gasteiger partial charge on any atom is -0.445 e. The standard InChI is InChI=1S/C19H20ClFN2O2/c20-17-8-14(6-7-18(17)21)11-22-15-9-16(10-15)23-19(24)25-12-13-4-2-1-3-5-13/h1-8,15-16,22H,9-12H2,(H,23,24). The highest BCUT2D eigenvalue weighted by atomic mass is 35.5. The molecular formula is C19H20ClFN2O2. The summed E-state index contributed by atoms with van der Waals surface area (Å²) in [5.41, 5.74) is 1.90. The van der Waals surface area contributed by atoms with Crippen LogP contribution in [-0.2, 0) is 17.9 Å². The zero-order chi connectivity index (χ0) is 17.6. The van der Waals surface area contributed by atoms with Gasteiger partial charge in [-0.25, -0.2) is 9.18 Å². The average Bonchev–Trinajstić information content (AvgIpc) is 2.59. The van der Waals surface area contributed by atoms with Crippen molar-refractivity contribution in [2.24, 2.45) is 0 Å². The van der Waals surface area contributed by atoms with E-state index in [1.807, 2.05) is 30.3 Å². The van der Waals surface area contributed by atoms with E-state index in [1.165, 1.54) is 6.07 Å². The summed E-state index contributed by atoms with van der Waals surface area (Å²) in [6, 6.07) is 14.7. The Morgan fingerprint density at radius 3 is 2.60 bits per heavy atom. The smallest absolute Gasteiger partial charge is 0.407 e. The molecule has 6 heteroatoms. The van der Waals surface area contributed by atoms with Gasteiger partial charge in [0.05, 0.1) is 5.02 Å². The zero-order valence-corrected chi connectivity index (χ0v) is 14.4. The Kier molecular flexibility index (Phi) is 5.89. The van der Waals surface area contributed by atoms with Gasteiger partial charge >= 0.3 is 6.09 Å². The van der Waals surface area contributed by atoms with Crippen LogP contribution in [0.15, 0.2) is 48.5 Å². The predicted octanol–water partition coefficient (Wildman–Crippen LogP) is 4.03. The van der Waals surface area contributed by atoms with Gasteiger partial charge in [-0.1, -0.05) is 48.0 Å². The molecular weight excluding hydrogens is 343 g/mol. The van der Waals surface area contributed by atoms with Crippen molar-refractivity contribution in [2.75, 3.05) is 0 Å². The zero-order valence-electron chi connectivity index (χ0n) is 13.7.